The highest BCUT2D eigenvalue weighted by atomic mass is 16.6. The fourth-order valence-electron chi connectivity index (χ4n) is 2.93. The van der Waals surface area contributed by atoms with E-state index in [0.29, 0.717) is 5.56 Å². The number of hydrogen-bond acceptors (Lipinski definition) is 4. The minimum atomic E-state index is -0.709. The molecule has 0 aliphatic rings. The summed E-state index contributed by atoms with van der Waals surface area (Å²) in [7, 11) is 0. The van der Waals surface area contributed by atoms with Crippen LogP contribution in [0.15, 0.2) is 54.6 Å². The summed E-state index contributed by atoms with van der Waals surface area (Å²) in [4.78, 5) is 38.0. The molecule has 29 heavy (non-hydrogen) atoms. The summed E-state index contributed by atoms with van der Waals surface area (Å²) in [6, 6.07) is 14.8. The minimum absolute atomic E-state index is 0.00571. The van der Waals surface area contributed by atoms with Gasteiger partial charge in [-0.3, -0.25) is 19.7 Å². The molecule has 7 nitrogen and oxygen atoms in total. The molecule has 0 bridgehead atoms. The number of nitro benzene ring substituents is 1. The number of nitro groups is 1. The molecule has 0 saturated heterocycles. The first-order valence-corrected chi connectivity index (χ1v) is 9.69. The maximum atomic E-state index is 13.1. The SMILES string of the molecule is CC[C@H](C)NC(=O)[C@H](C)N(Cc1ccccc1)C(=O)Cc1ccccc1[N+](=O)[O-]. The average molecular weight is 397 g/mol. The van der Waals surface area contributed by atoms with Gasteiger partial charge in [0.2, 0.25) is 11.8 Å². The second-order valence-electron chi connectivity index (χ2n) is 7.06. The standard InChI is InChI=1S/C22H27N3O4/c1-4-16(2)23-22(27)17(3)24(15-18-10-6-5-7-11-18)21(26)14-19-12-8-9-13-20(19)25(28)29/h5-13,16-17H,4,14-15H2,1-3H3,(H,23,27)/t16-,17-/m0/s1. The van der Waals surface area contributed by atoms with Crippen LogP contribution in [0.5, 0.6) is 0 Å². The summed E-state index contributed by atoms with van der Waals surface area (Å²) < 4.78 is 0. The van der Waals surface area contributed by atoms with E-state index >= 15 is 0 Å². The van der Waals surface area contributed by atoms with Gasteiger partial charge < -0.3 is 10.2 Å². The van der Waals surface area contributed by atoms with E-state index in [0.717, 1.165) is 12.0 Å². The van der Waals surface area contributed by atoms with Crippen LogP contribution in [0.3, 0.4) is 0 Å². The molecule has 7 heteroatoms. The van der Waals surface area contributed by atoms with Crippen molar-refractivity contribution in [2.24, 2.45) is 0 Å². The van der Waals surface area contributed by atoms with E-state index in [2.05, 4.69) is 5.32 Å². The lowest BCUT2D eigenvalue weighted by Crippen LogP contribution is -2.49. The maximum Gasteiger partial charge on any atom is 0.273 e. The van der Waals surface area contributed by atoms with Crippen LogP contribution < -0.4 is 5.32 Å². The Hall–Kier alpha value is -3.22. The number of carbonyl (C=O) groups is 2. The van der Waals surface area contributed by atoms with Gasteiger partial charge in [-0.1, -0.05) is 55.5 Å². The number of rotatable bonds is 9. The molecule has 2 aromatic rings. The smallest absolute Gasteiger partial charge is 0.273 e. The van der Waals surface area contributed by atoms with Gasteiger partial charge in [0, 0.05) is 24.2 Å². The number of nitrogens with one attached hydrogen (secondary N) is 1. The van der Waals surface area contributed by atoms with Crippen molar-refractivity contribution >= 4 is 17.5 Å². The van der Waals surface area contributed by atoms with Crippen LogP contribution in [0.1, 0.15) is 38.3 Å². The van der Waals surface area contributed by atoms with Crippen LogP contribution >= 0.6 is 0 Å². The van der Waals surface area contributed by atoms with Crippen LogP contribution in [-0.2, 0) is 22.6 Å². The molecule has 0 aliphatic heterocycles. The third-order valence-corrected chi connectivity index (χ3v) is 4.89. The fourth-order valence-corrected chi connectivity index (χ4v) is 2.93. The zero-order chi connectivity index (χ0) is 21.4. The van der Waals surface area contributed by atoms with Gasteiger partial charge in [0.25, 0.3) is 5.69 Å². The van der Waals surface area contributed by atoms with E-state index in [1.165, 1.54) is 11.0 Å². The van der Waals surface area contributed by atoms with Crippen LogP contribution in [0.4, 0.5) is 5.69 Å². The highest BCUT2D eigenvalue weighted by Gasteiger charge is 2.28. The van der Waals surface area contributed by atoms with Gasteiger partial charge in [-0.15, -0.1) is 0 Å². The topological polar surface area (TPSA) is 92.6 Å². The Morgan fingerprint density at radius 2 is 1.69 bits per heavy atom. The van der Waals surface area contributed by atoms with E-state index in [1.807, 2.05) is 44.2 Å². The molecule has 0 unspecified atom stereocenters. The van der Waals surface area contributed by atoms with Crippen molar-refractivity contribution in [3.05, 3.63) is 75.8 Å². The normalized spacial score (nSPS) is 12.7. The molecule has 0 radical (unpaired) electrons. The molecule has 0 aromatic heterocycles. The average Bonchev–Trinajstić information content (AvgIpc) is 2.72. The predicted octanol–water partition coefficient (Wildman–Crippen LogP) is 3.47. The second kappa shape index (κ2) is 10.4. The number of amides is 2. The Morgan fingerprint density at radius 3 is 2.31 bits per heavy atom. The summed E-state index contributed by atoms with van der Waals surface area (Å²) in [5.74, 6) is -0.582. The van der Waals surface area contributed by atoms with Gasteiger partial charge in [-0.25, -0.2) is 0 Å². The van der Waals surface area contributed by atoms with Gasteiger partial charge in [-0.05, 0) is 25.8 Å². The summed E-state index contributed by atoms with van der Waals surface area (Å²) in [6.45, 7) is 5.80. The van der Waals surface area contributed by atoms with Gasteiger partial charge >= 0.3 is 0 Å². The Morgan fingerprint density at radius 1 is 1.07 bits per heavy atom. The van der Waals surface area contributed by atoms with E-state index in [1.54, 1.807) is 25.1 Å². The molecule has 2 aromatic carbocycles. The zero-order valence-corrected chi connectivity index (χ0v) is 17.0. The van der Waals surface area contributed by atoms with Crippen LogP contribution in [0, 0.1) is 10.1 Å². The molecule has 2 amide bonds. The van der Waals surface area contributed by atoms with Crippen molar-refractivity contribution in [3.8, 4) is 0 Å². The summed E-state index contributed by atoms with van der Waals surface area (Å²) in [5, 5.41) is 14.2. The molecule has 2 rings (SSSR count). The van der Waals surface area contributed by atoms with Crippen LogP contribution in [0.25, 0.3) is 0 Å². The molecule has 0 fully saturated rings. The first-order valence-electron chi connectivity index (χ1n) is 9.69. The van der Waals surface area contributed by atoms with E-state index in [9.17, 15) is 19.7 Å². The second-order valence-corrected chi connectivity index (χ2v) is 7.06. The van der Waals surface area contributed by atoms with Crippen molar-refractivity contribution in [1.82, 2.24) is 10.2 Å². The molecule has 154 valence electrons. The van der Waals surface area contributed by atoms with Crippen molar-refractivity contribution < 1.29 is 14.5 Å². The van der Waals surface area contributed by atoms with E-state index < -0.39 is 11.0 Å². The number of hydrogen-bond donors (Lipinski definition) is 1. The van der Waals surface area contributed by atoms with Crippen molar-refractivity contribution in [2.75, 3.05) is 0 Å². The molecule has 0 saturated carbocycles. The highest BCUT2D eigenvalue weighted by Crippen LogP contribution is 2.20. The molecular weight excluding hydrogens is 370 g/mol. The molecule has 2 atom stereocenters. The number of nitrogens with zero attached hydrogens (tertiary/aromatic N) is 2. The lowest BCUT2D eigenvalue weighted by atomic mass is 10.1. The Balaban J connectivity index is 2.27. The van der Waals surface area contributed by atoms with Crippen molar-refractivity contribution in [2.45, 2.75) is 52.2 Å². The molecular formula is C22H27N3O4. The Kier molecular flexibility index (Phi) is 7.88. The van der Waals surface area contributed by atoms with Crippen LogP contribution in [0.2, 0.25) is 0 Å². The van der Waals surface area contributed by atoms with Crippen LogP contribution in [-0.4, -0.2) is 33.7 Å². The zero-order valence-electron chi connectivity index (χ0n) is 17.0. The number of para-hydroxylation sites is 1. The molecule has 0 heterocycles. The van der Waals surface area contributed by atoms with E-state index in [-0.39, 0.29) is 36.5 Å². The van der Waals surface area contributed by atoms with E-state index in [4.69, 9.17) is 0 Å². The highest BCUT2D eigenvalue weighted by molar-refractivity contribution is 5.88. The molecule has 1 N–H and O–H groups in total. The number of benzene rings is 2. The quantitative estimate of drug-likeness (QED) is 0.518. The Bertz CT molecular complexity index is 854. The largest absolute Gasteiger partial charge is 0.352 e. The Labute approximate surface area is 170 Å². The van der Waals surface area contributed by atoms with Gasteiger partial charge in [0.1, 0.15) is 6.04 Å². The lowest BCUT2D eigenvalue weighted by Gasteiger charge is -2.29. The minimum Gasteiger partial charge on any atom is -0.352 e. The summed E-state index contributed by atoms with van der Waals surface area (Å²) in [6.07, 6.45) is 0.631. The third kappa shape index (κ3) is 6.14. The summed E-state index contributed by atoms with van der Waals surface area (Å²) in [5.41, 5.74) is 1.11. The monoisotopic (exact) mass is 397 g/mol. The lowest BCUT2D eigenvalue weighted by molar-refractivity contribution is -0.385. The number of carbonyl (C=O) groups excluding carboxylic acids is 2. The van der Waals surface area contributed by atoms with Crippen molar-refractivity contribution in [1.29, 1.82) is 0 Å². The predicted molar refractivity (Wildman–Crippen MR) is 111 cm³/mol. The van der Waals surface area contributed by atoms with Crippen molar-refractivity contribution in [3.63, 3.8) is 0 Å². The third-order valence-electron chi connectivity index (χ3n) is 4.89. The summed E-state index contributed by atoms with van der Waals surface area (Å²) >= 11 is 0. The van der Waals surface area contributed by atoms with Gasteiger partial charge in [0.05, 0.1) is 11.3 Å². The first kappa shape index (κ1) is 22.1. The fraction of sp³-hybridized carbons (Fsp3) is 0.364. The maximum absolute atomic E-state index is 13.1. The molecule has 0 spiro atoms. The molecule has 0 aliphatic carbocycles. The van der Waals surface area contributed by atoms with Gasteiger partial charge in [0.15, 0.2) is 0 Å². The first-order chi connectivity index (χ1) is 13.8. The van der Waals surface area contributed by atoms with Gasteiger partial charge in [-0.2, -0.15) is 0 Å².